The van der Waals surface area contributed by atoms with E-state index in [1.165, 1.54) is 0 Å². The van der Waals surface area contributed by atoms with E-state index in [2.05, 4.69) is 26.6 Å². The molecule has 0 aromatic heterocycles. The third-order valence-electron chi connectivity index (χ3n) is 1.53. The molecule has 0 saturated heterocycles. The molecule has 1 aromatic carbocycles. The minimum atomic E-state index is -0.238. The van der Waals surface area contributed by atoms with Gasteiger partial charge in [-0.25, -0.2) is 4.79 Å². The Morgan fingerprint density at radius 3 is 2.57 bits per heavy atom. The molecule has 0 saturated carbocycles. The number of anilines is 1. The predicted molar refractivity (Wildman–Crippen MR) is 60.2 cm³/mol. The molecule has 0 fully saturated rings. The first-order valence-corrected chi connectivity index (χ1v) is 5.02. The number of halogens is 1. The van der Waals surface area contributed by atoms with Crippen LogP contribution >= 0.6 is 15.9 Å². The Morgan fingerprint density at radius 2 is 2.00 bits per heavy atom. The normalized spacial score (nSPS) is 9.57. The molecule has 0 bridgehead atoms. The van der Waals surface area contributed by atoms with Gasteiger partial charge in [0.2, 0.25) is 0 Å². The fraction of sp³-hybridized carbons (Fsp3) is 0.222. The monoisotopic (exact) mass is 257 g/mol. The van der Waals surface area contributed by atoms with Crippen LogP contribution in [0.1, 0.15) is 0 Å². The van der Waals surface area contributed by atoms with Crippen molar-refractivity contribution in [1.82, 2.24) is 5.32 Å². The third kappa shape index (κ3) is 3.76. The average Bonchev–Trinajstić information content (AvgIpc) is 2.18. The molecule has 4 nitrogen and oxygen atoms in total. The van der Waals surface area contributed by atoms with Crippen molar-refractivity contribution in [2.45, 2.75) is 0 Å². The highest BCUT2D eigenvalue weighted by molar-refractivity contribution is 9.10. The van der Waals surface area contributed by atoms with Crippen molar-refractivity contribution in [1.29, 1.82) is 0 Å². The SMILES string of the molecule is NCCNC(=O)Nc1ccc(Br)cc1. The van der Waals surface area contributed by atoms with E-state index in [0.717, 1.165) is 10.2 Å². The number of rotatable bonds is 3. The molecule has 76 valence electrons. The number of nitrogens with two attached hydrogens (primary N) is 1. The molecule has 1 aromatic rings. The van der Waals surface area contributed by atoms with Crippen LogP contribution in [0.4, 0.5) is 10.5 Å². The minimum Gasteiger partial charge on any atom is -0.337 e. The number of hydrogen-bond donors (Lipinski definition) is 3. The second kappa shape index (κ2) is 5.62. The summed E-state index contributed by atoms with van der Waals surface area (Å²) in [6.45, 7) is 0.913. The summed E-state index contributed by atoms with van der Waals surface area (Å²) in [6.07, 6.45) is 0. The Morgan fingerprint density at radius 1 is 1.36 bits per heavy atom. The fourth-order valence-corrected chi connectivity index (χ4v) is 1.16. The molecule has 0 aliphatic rings. The van der Waals surface area contributed by atoms with Gasteiger partial charge in [-0.1, -0.05) is 15.9 Å². The fourth-order valence-electron chi connectivity index (χ4n) is 0.894. The Kier molecular flexibility index (Phi) is 4.42. The maximum absolute atomic E-state index is 11.2. The van der Waals surface area contributed by atoms with Gasteiger partial charge in [0, 0.05) is 23.2 Å². The maximum Gasteiger partial charge on any atom is 0.319 e. The molecule has 0 aliphatic heterocycles. The molecule has 0 heterocycles. The highest BCUT2D eigenvalue weighted by Gasteiger charge is 1.98. The summed E-state index contributed by atoms with van der Waals surface area (Å²) in [5, 5.41) is 5.29. The van der Waals surface area contributed by atoms with Gasteiger partial charge in [0.05, 0.1) is 0 Å². The van der Waals surface area contributed by atoms with Crippen LogP contribution in [0.3, 0.4) is 0 Å². The van der Waals surface area contributed by atoms with Crippen molar-refractivity contribution in [2.75, 3.05) is 18.4 Å². The Labute approximate surface area is 91.0 Å². The van der Waals surface area contributed by atoms with Gasteiger partial charge >= 0.3 is 6.03 Å². The molecule has 2 amide bonds. The van der Waals surface area contributed by atoms with E-state index in [9.17, 15) is 4.79 Å². The van der Waals surface area contributed by atoms with E-state index in [0.29, 0.717) is 13.1 Å². The quantitative estimate of drug-likeness (QED) is 0.769. The largest absolute Gasteiger partial charge is 0.337 e. The molecular weight excluding hydrogens is 246 g/mol. The van der Waals surface area contributed by atoms with Crippen LogP contribution in [0.5, 0.6) is 0 Å². The molecule has 0 spiro atoms. The lowest BCUT2D eigenvalue weighted by atomic mass is 10.3. The van der Waals surface area contributed by atoms with Crippen LogP contribution in [0.15, 0.2) is 28.7 Å². The highest BCUT2D eigenvalue weighted by Crippen LogP contribution is 2.13. The Bertz CT molecular complexity index is 299. The van der Waals surface area contributed by atoms with Crippen molar-refractivity contribution in [2.24, 2.45) is 5.73 Å². The van der Waals surface area contributed by atoms with Crippen LogP contribution < -0.4 is 16.4 Å². The molecular formula is C9H12BrN3O. The van der Waals surface area contributed by atoms with Crippen molar-refractivity contribution in [3.8, 4) is 0 Å². The second-order valence-corrected chi connectivity index (χ2v) is 3.59. The number of benzene rings is 1. The topological polar surface area (TPSA) is 67.1 Å². The summed E-state index contributed by atoms with van der Waals surface area (Å²) in [7, 11) is 0. The Hall–Kier alpha value is -1.07. The lowest BCUT2D eigenvalue weighted by Gasteiger charge is -2.06. The standard InChI is InChI=1S/C9H12BrN3O/c10-7-1-3-8(4-2-7)13-9(14)12-6-5-11/h1-4H,5-6,11H2,(H2,12,13,14). The zero-order chi connectivity index (χ0) is 10.4. The van der Waals surface area contributed by atoms with Crippen molar-refractivity contribution >= 4 is 27.6 Å². The molecule has 0 aliphatic carbocycles. The van der Waals surface area contributed by atoms with Gasteiger partial charge < -0.3 is 16.4 Å². The molecule has 0 atom stereocenters. The Balaban J connectivity index is 2.44. The van der Waals surface area contributed by atoms with Crippen molar-refractivity contribution < 1.29 is 4.79 Å². The van der Waals surface area contributed by atoms with E-state index in [1.807, 2.05) is 24.3 Å². The molecule has 14 heavy (non-hydrogen) atoms. The number of carbonyl (C=O) groups is 1. The average molecular weight is 258 g/mol. The first-order chi connectivity index (χ1) is 6.72. The first-order valence-electron chi connectivity index (χ1n) is 4.23. The first kappa shape index (κ1) is 11.0. The van der Waals surface area contributed by atoms with Crippen molar-refractivity contribution in [3.05, 3.63) is 28.7 Å². The zero-order valence-electron chi connectivity index (χ0n) is 7.59. The van der Waals surface area contributed by atoms with E-state index >= 15 is 0 Å². The lowest BCUT2D eigenvalue weighted by Crippen LogP contribution is -2.32. The number of hydrogen-bond acceptors (Lipinski definition) is 2. The molecule has 4 N–H and O–H groups in total. The van der Waals surface area contributed by atoms with Crippen LogP contribution in [-0.2, 0) is 0 Å². The summed E-state index contributed by atoms with van der Waals surface area (Å²) in [5.41, 5.74) is 5.99. The summed E-state index contributed by atoms with van der Waals surface area (Å²) >= 11 is 3.31. The molecule has 5 heteroatoms. The molecule has 0 radical (unpaired) electrons. The van der Waals surface area contributed by atoms with Gasteiger partial charge in [-0.05, 0) is 24.3 Å². The number of urea groups is 1. The van der Waals surface area contributed by atoms with Gasteiger partial charge in [0.15, 0.2) is 0 Å². The molecule has 0 unspecified atom stereocenters. The van der Waals surface area contributed by atoms with E-state index in [1.54, 1.807) is 0 Å². The van der Waals surface area contributed by atoms with E-state index in [-0.39, 0.29) is 6.03 Å². The van der Waals surface area contributed by atoms with Gasteiger partial charge in [-0.15, -0.1) is 0 Å². The van der Waals surface area contributed by atoms with Crippen molar-refractivity contribution in [3.63, 3.8) is 0 Å². The number of nitrogens with one attached hydrogen (secondary N) is 2. The summed E-state index contributed by atoms with van der Waals surface area (Å²) in [5.74, 6) is 0. The van der Waals surface area contributed by atoms with Gasteiger partial charge in [-0.3, -0.25) is 0 Å². The maximum atomic E-state index is 11.2. The lowest BCUT2D eigenvalue weighted by molar-refractivity contribution is 0.252. The van der Waals surface area contributed by atoms with Crippen LogP contribution in [-0.4, -0.2) is 19.1 Å². The second-order valence-electron chi connectivity index (χ2n) is 2.68. The predicted octanol–water partition coefficient (Wildman–Crippen LogP) is 1.53. The number of amides is 2. The third-order valence-corrected chi connectivity index (χ3v) is 2.06. The molecule has 1 rings (SSSR count). The van der Waals surface area contributed by atoms with Gasteiger partial charge in [0.1, 0.15) is 0 Å². The smallest absolute Gasteiger partial charge is 0.319 e. The minimum absolute atomic E-state index is 0.238. The van der Waals surface area contributed by atoms with Crippen LogP contribution in [0.25, 0.3) is 0 Å². The highest BCUT2D eigenvalue weighted by atomic mass is 79.9. The number of carbonyl (C=O) groups excluding carboxylic acids is 1. The summed E-state index contributed by atoms with van der Waals surface area (Å²) in [4.78, 5) is 11.2. The summed E-state index contributed by atoms with van der Waals surface area (Å²) < 4.78 is 0.977. The van der Waals surface area contributed by atoms with Gasteiger partial charge in [0.25, 0.3) is 0 Å². The van der Waals surface area contributed by atoms with E-state index in [4.69, 9.17) is 5.73 Å². The zero-order valence-corrected chi connectivity index (χ0v) is 9.17. The van der Waals surface area contributed by atoms with Gasteiger partial charge in [-0.2, -0.15) is 0 Å². The van der Waals surface area contributed by atoms with E-state index < -0.39 is 0 Å². The van der Waals surface area contributed by atoms with Crippen LogP contribution in [0.2, 0.25) is 0 Å². The van der Waals surface area contributed by atoms with Crippen LogP contribution in [0, 0.1) is 0 Å². The summed E-state index contributed by atoms with van der Waals surface area (Å²) in [6, 6.07) is 7.10.